The number of aromatic nitrogens is 2. The molecule has 11 heteroatoms. The van der Waals surface area contributed by atoms with Gasteiger partial charge in [-0.05, 0) is 68.3 Å². The number of nitrogens with zero attached hydrogens (tertiary/aromatic N) is 1. The molecule has 9 nitrogen and oxygen atoms in total. The molecule has 0 bridgehead atoms. The topological polar surface area (TPSA) is 127 Å². The number of methoxy groups -OCH3 is 1. The first-order valence-electron chi connectivity index (χ1n) is 11.3. The van der Waals surface area contributed by atoms with Crippen LogP contribution in [0.5, 0.6) is 17.4 Å². The highest BCUT2D eigenvalue weighted by Crippen LogP contribution is 2.33. The van der Waals surface area contributed by atoms with Crippen LogP contribution in [0.4, 0.5) is 4.39 Å². The van der Waals surface area contributed by atoms with Gasteiger partial charge in [0.05, 0.1) is 12.8 Å². The zero-order valence-electron chi connectivity index (χ0n) is 21.0. The Bertz CT molecular complexity index is 1700. The number of hydrogen-bond donors (Lipinski definition) is 2. The van der Waals surface area contributed by atoms with Gasteiger partial charge in [-0.3, -0.25) is 9.59 Å². The first-order chi connectivity index (χ1) is 18.0. The summed E-state index contributed by atoms with van der Waals surface area (Å²) in [4.78, 5) is 31.3. The van der Waals surface area contributed by atoms with Gasteiger partial charge in [-0.15, -0.1) is 0 Å². The summed E-state index contributed by atoms with van der Waals surface area (Å²) < 4.78 is 52.9. The average molecular weight is 542 g/mol. The molecule has 0 fully saturated rings. The Morgan fingerprint density at radius 3 is 2.42 bits per heavy atom. The molecule has 0 saturated heterocycles. The van der Waals surface area contributed by atoms with E-state index in [1.54, 1.807) is 6.07 Å². The third-order valence-corrected chi connectivity index (χ3v) is 6.96. The van der Waals surface area contributed by atoms with E-state index in [-0.39, 0.29) is 25.7 Å². The Balaban J connectivity index is 0.00000280. The quantitative estimate of drug-likeness (QED) is 0.340. The lowest BCUT2D eigenvalue weighted by molar-refractivity contribution is 0.0978. The van der Waals surface area contributed by atoms with Crippen molar-refractivity contribution in [2.75, 3.05) is 7.11 Å². The Kier molecular flexibility index (Phi) is 7.31. The van der Waals surface area contributed by atoms with Crippen LogP contribution < -0.4 is 19.8 Å². The molecule has 0 radical (unpaired) electrons. The number of carbonyl (C=O) groups is 1. The Morgan fingerprint density at radius 1 is 1.05 bits per heavy atom. The van der Waals surface area contributed by atoms with E-state index in [4.69, 9.17) is 9.47 Å². The van der Waals surface area contributed by atoms with Crippen LogP contribution in [0.1, 0.15) is 29.9 Å². The van der Waals surface area contributed by atoms with Gasteiger partial charge in [0, 0.05) is 20.7 Å². The molecule has 0 aliphatic rings. The van der Waals surface area contributed by atoms with Crippen molar-refractivity contribution < 1.29 is 29.9 Å². The predicted octanol–water partition coefficient (Wildman–Crippen LogP) is 4.91. The van der Waals surface area contributed by atoms with E-state index in [1.165, 1.54) is 43.6 Å². The van der Waals surface area contributed by atoms with Crippen molar-refractivity contribution in [3.63, 3.8) is 0 Å². The summed E-state index contributed by atoms with van der Waals surface area (Å²) >= 11 is 0. The average Bonchev–Trinajstić information content (AvgIpc) is 2.85. The van der Waals surface area contributed by atoms with Crippen molar-refractivity contribution >= 4 is 15.9 Å². The molecule has 4 aromatic rings. The Hall–Kier alpha value is -4.51. The minimum absolute atomic E-state index is 0. The number of aromatic amines is 1. The number of carbonyl (C=O) groups excluding carboxylic acids is 1. The molecule has 2 aromatic carbocycles. The third-order valence-electron chi connectivity index (χ3n) is 5.61. The molecule has 2 aromatic heterocycles. The maximum atomic E-state index is 14.2. The molecule has 4 rings (SSSR count). The fraction of sp³-hybridized carbons (Fsp3) is 0.148. The van der Waals surface area contributed by atoms with Gasteiger partial charge in [0.15, 0.2) is 4.90 Å². The van der Waals surface area contributed by atoms with Crippen LogP contribution in [0.3, 0.4) is 0 Å². The minimum Gasteiger partial charge on any atom is -0.497 e. The van der Waals surface area contributed by atoms with Crippen LogP contribution in [0, 0.1) is 26.6 Å². The molecule has 38 heavy (non-hydrogen) atoms. The number of pyridine rings is 2. The van der Waals surface area contributed by atoms with Gasteiger partial charge in [0.1, 0.15) is 22.9 Å². The Morgan fingerprint density at radius 2 is 1.76 bits per heavy atom. The molecule has 2 N–H and O–H groups in total. The number of rotatable bonds is 7. The molecule has 1 amide bonds. The number of ether oxygens (including phenoxy) is 2. The van der Waals surface area contributed by atoms with Gasteiger partial charge in [0.25, 0.3) is 21.5 Å². The lowest BCUT2D eigenvalue weighted by atomic mass is 10.1. The van der Waals surface area contributed by atoms with Gasteiger partial charge in [-0.1, -0.05) is 17.7 Å². The number of H-pyrrole nitrogens is 1. The second kappa shape index (κ2) is 10.5. The van der Waals surface area contributed by atoms with Crippen molar-refractivity contribution in [2.45, 2.75) is 25.7 Å². The third kappa shape index (κ3) is 5.57. The summed E-state index contributed by atoms with van der Waals surface area (Å²) in [6, 6.07) is 12.9. The van der Waals surface area contributed by atoms with Gasteiger partial charge in [0.2, 0.25) is 5.88 Å². The van der Waals surface area contributed by atoms with Crippen LogP contribution >= 0.6 is 0 Å². The second-order valence-corrected chi connectivity index (χ2v) is 10.2. The second-order valence-electron chi connectivity index (χ2n) is 8.56. The molecule has 0 spiro atoms. The number of nitrogens with one attached hydrogen (secondary N) is 2. The molecular weight excluding hydrogens is 513 g/mol. The molecule has 0 aliphatic heterocycles. The normalized spacial score (nSPS) is 11.2. The monoisotopic (exact) mass is 541 g/mol. The summed E-state index contributed by atoms with van der Waals surface area (Å²) in [7, 11) is -3.12. The first-order valence-corrected chi connectivity index (χ1v) is 12.8. The van der Waals surface area contributed by atoms with Crippen molar-refractivity contribution in [2.24, 2.45) is 0 Å². The molecule has 0 saturated carbocycles. The summed E-state index contributed by atoms with van der Waals surface area (Å²) in [5, 5.41) is 0. The first kappa shape index (κ1) is 26.6. The van der Waals surface area contributed by atoms with Gasteiger partial charge in [-0.25, -0.2) is 22.5 Å². The van der Waals surface area contributed by atoms with Crippen LogP contribution in [0.2, 0.25) is 0 Å². The van der Waals surface area contributed by atoms with E-state index < -0.39 is 32.2 Å². The van der Waals surface area contributed by atoms with E-state index in [0.717, 1.165) is 22.8 Å². The number of sulfonamides is 1. The zero-order chi connectivity index (χ0) is 27.6. The van der Waals surface area contributed by atoms with Crippen molar-refractivity contribution in [1.82, 2.24) is 14.7 Å². The molecule has 200 valence electrons. The minimum atomic E-state index is -4.52. The maximum Gasteiger partial charge on any atom is 0.270 e. The van der Waals surface area contributed by atoms with Gasteiger partial charge < -0.3 is 14.5 Å². The Labute approximate surface area is 221 Å². The lowest BCUT2D eigenvalue weighted by Gasteiger charge is -2.16. The van der Waals surface area contributed by atoms with E-state index in [2.05, 4.69) is 9.97 Å². The standard InChI is InChI=1S/C27H24FN3O6S.2H2/c1-15-10-16(2)24(17(3)11-15)37-27-21(25(32)31-38(34,35)23-6-5-9-29-26(23)33)7-8-22(30-27)18-12-19(28)14-20(13-18)36-4;;/h5-14H,1-4H3,(H,29,33)(H,31,32);2*1H. The van der Waals surface area contributed by atoms with E-state index in [9.17, 15) is 22.4 Å². The van der Waals surface area contributed by atoms with E-state index in [0.29, 0.717) is 11.3 Å². The molecule has 0 atom stereocenters. The van der Waals surface area contributed by atoms with E-state index >= 15 is 0 Å². The summed E-state index contributed by atoms with van der Waals surface area (Å²) in [5.74, 6) is -1.16. The van der Waals surface area contributed by atoms with Crippen LogP contribution in [0.15, 0.2) is 70.5 Å². The van der Waals surface area contributed by atoms with Crippen molar-refractivity contribution in [3.05, 3.63) is 99.2 Å². The van der Waals surface area contributed by atoms with Gasteiger partial charge >= 0.3 is 0 Å². The zero-order valence-corrected chi connectivity index (χ0v) is 21.8. The number of aryl methyl sites for hydroxylation is 3. The molecular formula is C27H28FN3O6S. The predicted molar refractivity (Wildman–Crippen MR) is 143 cm³/mol. The van der Waals surface area contributed by atoms with Crippen LogP contribution in [-0.2, 0) is 10.0 Å². The highest BCUT2D eigenvalue weighted by atomic mass is 32.2. The van der Waals surface area contributed by atoms with Gasteiger partial charge in [-0.2, -0.15) is 0 Å². The van der Waals surface area contributed by atoms with Crippen LogP contribution in [-0.4, -0.2) is 31.4 Å². The van der Waals surface area contributed by atoms with E-state index in [1.807, 2.05) is 37.6 Å². The maximum absolute atomic E-state index is 14.2. The smallest absolute Gasteiger partial charge is 0.270 e. The summed E-state index contributed by atoms with van der Waals surface area (Å²) in [6.45, 7) is 5.57. The fourth-order valence-corrected chi connectivity index (χ4v) is 4.98. The molecule has 2 heterocycles. The summed E-state index contributed by atoms with van der Waals surface area (Å²) in [5.41, 5.74) is 2.02. The largest absolute Gasteiger partial charge is 0.497 e. The highest BCUT2D eigenvalue weighted by Gasteiger charge is 2.25. The SMILES string of the molecule is COc1cc(F)cc(-c2ccc(C(=O)NS(=O)(=O)c3ccc[nH]c3=O)c(Oc3c(C)cc(C)cc3C)n2)c1.[HH].[HH]. The molecule has 0 aliphatic carbocycles. The molecule has 0 unspecified atom stereocenters. The lowest BCUT2D eigenvalue weighted by Crippen LogP contribution is -2.34. The summed E-state index contributed by atoms with van der Waals surface area (Å²) in [6.07, 6.45) is 1.27. The van der Waals surface area contributed by atoms with Crippen LogP contribution in [0.25, 0.3) is 11.3 Å². The number of hydrogen-bond acceptors (Lipinski definition) is 7. The number of amides is 1. The van der Waals surface area contributed by atoms with Crippen molar-refractivity contribution in [1.29, 1.82) is 0 Å². The number of benzene rings is 2. The van der Waals surface area contributed by atoms with Crippen molar-refractivity contribution in [3.8, 4) is 28.6 Å². The highest BCUT2D eigenvalue weighted by molar-refractivity contribution is 7.90. The number of halogens is 1. The fourth-order valence-electron chi connectivity index (χ4n) is 3.95.